The Balaban J connectivity index is 0.957. The van der Waals surface area contributed by atoms with Gasteiger partial charge in [0.25, 0.3) is 11.8 Å². The van der Waals surface area contributed by atoms with Crippen LogP contribution in [0.2, 0.25) is 0 Å². The molecule has 1 unspecified atom stereocenters. The second kappa shape index (κ2) is 10.3. The van der Waals surface area contributed by atoms with Gasteiger partial charge in [0.05, 0.1) is 23.2 Å². The van der Waals surface area contributed by atoms with Gasteiger partial charge in [-0.1, -0.05) is 6.07 Å². The standard InChI is InChI=1S/C30H31N3O6S2/c34-23-5-4-21(27(36)32-23)33-28(37)20-2-1-3-22(26(20)29(33)38)40-14-19-15-41-24(31-19)13-39-25(35)12-30-9-16-6-17(10-30)8-18(7-16)11-30/h1-3,15-18,21H,4-14H2,(H,32,34,36). The van der Waals surface area contributed by atoms with Crippen molar-refractivity contribution in [2.45, 2.75) is 81.1 Å². The molecule has 4 amide bonds. The lowest BCUT2D eigenvalue weighted by Crippen LogP contribution is -2.54. The second-order valence-corrected chi connectivity index (χ2v) is 14.4. The minimum absolute atomic E-state index is 0.0785. The minimum atomic E-state index is -0.996. The number of hydrogen-bond acceptors (Lipinski definition) is 9. The fourth-order valence-electron chi connectivity index (χ4n) is 8.24. The highest BCUT2D eigenvalue weighted by Gasteiger charge is 2.51. The summed E-state index contributed by atoms with van der Waals surface area (Å²) in [6.07, 6.45) is 8.29. The largest absolute Gasteiger partial charge is 0.458 e. The number of fused-ring (bicyclic) bond motifs is 1. The van der Waals surface area contributed by atoms with Crippen LogP contribution in [-0.4, -0.2) is 45.5 Å². The number of benzene rings is 1. The molecule has 4 bridgehead atoms. The molecule has 1 atom stereocenters. The molecular weight excluding hydrogens is 562 g/mol. The van der Waals surface area contributed by atoms with E-state index in [4.69, 9.17) is 4.74 Å². The van der Waals surface area contributed by atoms with Crippen molar-refractivity contribution in [2.24, 2.45) is 23.2 Å². The fourth-order valence-corrected chi connectivity index (χ4v) is 10.0. The minimum Gasteiger partial charge on any atom is -0.458 e. The van der Waals surface area contributed by atoms with Gasteiger partial charge in [-0.2, -0.15) is 0 Å². The van der Waals surface area contributed by atoms with Crippen LogP contribution in [0.5, 0.6) is 0 Å². The van der Waals surface area contributed by atoms with E-state index in [1.165, 1.54) is 61.6 Å². The van der Waals surface area contributed by atoms with Crippen LogP contribution in [0, 0.1) is 23.2 Å². The third-order valence-electron chi connectivity index (χ3n) is 9.45. The Hall–Kier alpha value is -3.05. The first-order valence-electron chi connectivity index (χ1n) is 14.3. The van der Waals surface area contributed by atoms with Gasteiger partial charge in [0, 0.05) is 22.4 Å². The molecule has 8 rings (SSSR count). The Labute approximate surface area is 245 Å². The number of thioether (sulfide) groups is 1. The Bertz CT molecular complexity index is 1430. The number of esters is 1. The molecule has 1 saturated heterocycles. The Kier molecular flexibility index (Phi) is 6.77. The van der Waals surface area contributed by atoms with E-state index in [2.05, 4.69) is 10.3 Å². The number of nitrogens with zero attached hydrogens (tertiary/aromatic N) is 2. The summed E-state index contributed by atoms with van der Waals surface area (Å²) in [5, 5.41) is 4.87. The monoisotopic (exact) mass is 593 g/mol. The van der Waals surface area contributed by atoms with Crippen LogP contribution in [-0.2, 0) is 31.5 Å². The highest BCUT2D eigenvalue weighted by atomic mass is 32.2. The van der Waals surface area contributed by atoms with Crippen molar-refractivity contribution in [1.29, 1.82) is 0 Å². The predicted octanol–water partition coefficient (Wildman–Crippen LogP) is 4.49. The zero-order valence-corrected chi connectivity index (χ0v) is 24.2. The SMILES string of the molecule is O=C1CCC(N2C(=O)c3cccc(SCc4csc(COC(=O)CC56CC7CC(CC(C7)C5)C6)n4)c3C2=O)C(=O)N1. The van der Waals surface area contributed by atoms with Gasteiger partial charge in [-0.25, -0.2) is 4.98 Å². The van der Waals surface area contributed by atoms with Crippen molar-refractivity contribution in [2.75, 3.05) is 0 Å². The maximum Gasteiger partial charge on any atom is 0.306 e. The van der Waals surface area contributed by atoms with Gasteiger partial charge < -0.3 is 4.74 Å². The van der Waals surface area contributed by atoms with Crippen molar-refractivity contribution in [1.82, 2.24) is 15.2 Å². The molecule has 2 aliphatic heterocycles. The van der Waals surface area contributed by atoms with E-state index in [0.29, 0.717) is 17.1 Å². The number of hydrogen-bond donors (Lipinski definition) is 1. The van der Waals surface area contributed by atoms with E-state index in [1.54, 1.807) is 18.2 Å². The average Bonchev–Trinajstić information content (AvgIpc) is 3.48. The molecule has 4 saturated carbocycles. The number of carbonyl (C=O) groups is 5. The quantitative estimate of drug-likeness (QED) is 0.270. The summed E-state index contributed by atoms with van der Waals surface area (Å²) in [6, 6.07) is 4.09. The van der Waals surface area contributed by atoms with Crippen LogP contribution in [0.25, 0.3) is 0 Å². The molecule has 4 aliphatic carbocycles. The lowest BCUT2D eigenvalue weighted by atomic mass is 9.49. The molecule has 9 nitrogen and oxygen atoms in total. The third-order valence-corrected chi connectivity index (χ3v) is 11.4. The summed E-state index contributed by atoms with van der Waals surface area (Å²) in [4.78, 5) is 69.3. The summed E-state index contributed by atoms with van der Waals surface area (Å²) in [5.41, 5.74) is 1.48. The number of imide groups is 2. The molecule has 1 aromatic heterocycles. The fraction of sp³-hybridized carbons (Fsp3) is 0.533. The molecule has 11 heteroatoms. The van der Waals surface area contributed by atoms with E-state index in [9.17, 15) is 24.0 Å². The topological polar surface area (TPSA) is 123 Å². The van der Waals surface area contributed by atoms with E-state index >= 15 is 0 Å². The maximum absolute atomic E-state index is 13.3. The Morgan fingerprint density at radius 2 is 1.80 bits per heavy atom. The van der Waals surface area contributed by atoms with Gasteiger partial charge >= 0.3 is 5.97 Å². The zero-order valence-electron chi connectivity index (χ0n) is 22.6. The van der Waals surface area contributed by atoms with Gasteiger partial charge in [-0.15, -0.1) is 23.1 Å². The third kappa shape index (κ3) is 5.01. The number of nitrogens with one attached hydrogen (secondary N) is 1. The van der Waals surface area contributed by atoms with Crippen molar-refractivity contribution in [3.8, 4) is 0 Å². The van der Waals surface area contributed by atoms with Crippen molar-refractivity contribution in [3.05, 3.63) is 45.4 Å². The number of thiazole rings is 1. The Morgan fingerprint density at radius 3 is 2.51 bits per heavy atom. The summed E-state index contributed by atoms with van der Waals surface area (Å²) in [6.45, 7) is 0.162. The van der Waals surface area contributed by atoms with Gasteiger partial charge in [-0.3, -0.25) is 34.2 Å². The molecule has 1 aromatic carbocycles. The lowest BCUT2D eigenvalue weighted by molar-refractivity contribution is -0.153. The highest BCUT2D eigenvalue weighted by molar-refractivity contribution is 7.98. The first-order valence-corrected chi connectivity index (χ1v) is 16.2. The number of amides is 4. The van der Waals surface area contributed by atoms with Crippen LogP contribution < -0.4 is 5.32 Å². The number of piperidine rings is 1. The Morgan fingerprint density at radius 1 is 1.07 bits per heavy atom. The molecule has 41 heavy (non-hydrogen) atoms. The number of rotatable bonds is 8. The molecular formula is C30H31N3O6S2. The van der Waals surface area contributed by atoms with E-state index in [1.807, 2.05) is 5.38 Å². The molecule has 6 aliphatic rings. The summed E-state index contributed by atoms with van der Waals surface area (Å²) >= 11 is 2.83. The normalized spacial score (nSPS) is 30.1. The van der Waals surface area contributed by atoms with Crippen LogP contribution >= 0.6 is 23.1 Å². The van der Waals surface area contributed by atoms with Gasteiger partial charge in [0.2, 0.25) is 11.8 Å². The molecule has 0 radical (unpaired) electrons. The van der Waals surface area contributed by atoms with Crippen LogP contribution in [0.4, 0.5) is 0 Å². The predicted molar refractivity (Wildman–Crippen MR) is 150 cm³/mol. The van der Waals surface area contributed by atoms with E-state index in [-0.39, 0.29) is 42.0 Å². The smallest absolute Gasteiger partial charge is 0.306 e. The number of carbonyl (C=O) groups excluding carboxylic acids is 5. The lowest BCUT2D eigenvalue weighted by Gasteiger charge is -2.56. The van der Waals surface area contributed by atoms with Gasteiger partial charge in [-0.05, 0) is 80.2 Å². The molecule has 214 valence electrons. The van der Waals surface area contributed by atoms with E-state index in [0.717, 1.165) is 33.4 Å². The molecule has 1 N–H and O–H groups in total. The molecule has 2 aromatic rings. The number of ether oxygens (including phenoxy) is 1. The van der Waals surface area contributed by atoms with Crippen molar-refractivity contribution >= 4 is 52.7 Å². The first kappa shape index (κ1) is 26.8. The highest BCUT2D eigenvalue weighted by Crippen LogP contribution is 2.61. The van der Waals surface area contributed by atoms with Crippen molar-refractivity contribution in [3.63, 3.8) is 0 Å². The van der Waals surface area contributed by atoms with Crippen LogP contribution in [0.1, 0.15) is 89.2 Å². The maximum atomic E-state index is 13.3. The number of aromatic nitrogens is 1. The van der Waals surface area contributed by atoms with Crippen LogP contribution in [0.15, 0.2) is 28.5 Å². The molecule has 3 heterocycles. The first-order chi connectivity index (χ1) is 19.8. The van der Waals surface area contributed by atoms with Gasteiger partial charge in [0.15, 0.2) is 0 Å². The zero-order chi connectivity index (χ0) is 28.3. The van der Waals surface area contributed by atoms with E-state index < -0.39 is 29.7 Å². The second-order valence-electron chi connectivity index (χ2n) is 12.4. The van der Waals surface area contributed by atoms with Gasteiger partial charge in [0.1, 0.15) is 17.7 Å². The average molecular weight is 594 g/mol. The summed E-state index contributed by atoms with van der Waals surface area (Å²) < 4.78 is 5.68. The summed E-state index contributed by atoms with van der Waals surface area (Å²) in [7, 11) is 0. The summed E-state index contributed by atoms with van der Waals surface area (Å²) in [5.74, 6) is 0.669. The molecule has 5 fully saturated rings. The van der Waals surface area contributed by atoms with Crippen LogP contribution in [0.3, 0.4) is 0 Å². The van der Waals surface area contributed by atoms with Crippen molar-refractivity contribution < 1.29 is 28.7 Å². The molecule has 0 spiro atoms.